The van der Waals surface area contributed by atoms with Crippen molar-refractivity contribution in [3.05, 3.63) is 29.3 Å². The van der Waals surface area contributed by atoms with Gasteiger partial charge in [-0.3, -0.25) is 0 Å². The first-order chi connectivity index (χ1) is 5.74. The van der Waals surface area contributed by atoms with Gasteiger partial charge in [-0.1, -0.05) is 17.9 Å². The van der Waals surface area contributed by atoms with E-state index in [1.165, 1.54) is 0 Å². The van der Waals surface area contributed by atoms with E-state index in [9.17, 15) is 0 Å². The molecule has 0 saturated heterocycles. The van der Waals surface area contributed by atoms with Crippen LogP contribution in [0.25, 0.3) is 0 Å². The maximum Gasteiger partial charge on any atom is 0.104 e. The van der Waals surface area contributed by atoms with E-state index in [2.05, 4.69) is 11.8 Å². The molecule has 1 aromatic rings. The molecule has 0 aromatic heterocycles. The lowest BCUT2D eigenvalue weighted by molar-refractivity contribution is 0.350. The SMILES string of the molecule is Cc1ccc(C#CCO)cc1N. The normalized spacial score (nSPS) is 8.83. The van der Waals surface area contributed by atoms with E-state index in [1.54, 1.807) is 6.07 Å². The second-order valence-electron chi connectivity index (χ2n) is 2.53. The largest absolute Gasteiger partial charge is 0.398 e. The van der Waals surface area contributed by atoms with E-state index < -0.39 is 0 Å². The summed E-state index contributed by atoms with van der Waals surface area (Å²) in [6.45, 7) is 1.83. The highest BCUT2D eigenvalue weighted by Gasteiger charge is 1.92. The van der Waals surface area contributed by atoms with E-state index in [1.807, 2.05) is 19.1 Å². The molecule has 0 heterocycles. The first kappa shape index (κ1) is 8.63. The molecular weight excluding hydrogens is 150 g/mol. The van der Waals surface area contributed by atoms with Gasteiger partial charge in [-0.2, -0.15) is 0 Å². The Morgan fingerprint density at radius 3 is 2.83 bits per heavy atom. The van der Waals surface area contributed by atoms with E-state index in [0.29, 0.717) is 0 Å². The molecule has 12 heavy (non-hydrogen) atoms. The molecule has 0 aliphatic rings. The fraction of sp³-hybridized carbons (Fsp3) is 0.200. The third-order valence-corrected chi connectivity index (χ3v) is 1.59. The van der Waals surface area contributed by atoms with Crippen molar-refractivity contribution in [3.63, 3.8) is 0 Å². The minimum absolute atomic E-state index is 0.117. The Hall–Kier alpha value is -1.46. The molecule has 1 rings (SSSR count). The van der Waals surface area contributed by atoms with E-state index >= 15 is 0 Å². The number of nitrogen functional groups attached to an aromatic ring is 1. The zero-order valence-corrected chi connectivity index (χ0v) is 6.96. The highest BCUT2D eigenvalue weighted by Crippen LogP contribution is 2.11. The molecule has 0 radical (unpaired) electrons. The Morgan fingerprint density at radius 1 is 1.50 bits per heavy atom. The number of aliphatic hydroxyl groups excluding tert-OH is 1. The summed E-state index contributed by atoms with van der Waals surface area (Å²) in [5, 5.41) is 8.45. The van der Waals surface area contributed by atoms with E-state index in [-0.39, 0.29) is 6.61 Å². The smallest absolute Gasteiger partial charge is 0.104 e. The summed E-state index contributed by atoms with van der Waals surface area (Å²) < 4.78 is 0. The Bertz CT molecular complexity index is 333. The van der Waals surface area contributed by atoms with Crippen molar-refractivity contribution in [2.45, 2.75) is 6.92 Å². The topological polar surface area (TPSA) is 46.2 Å². The number of hydrogen-bond acceptors (Lipinski definition) is 2. The van der Waals surface area contributed by atoms with Crippen molar-refractivity contribution in [1.29, 1.82) is 0 Å². The van der Waals surface area contributed by atoms with Crippen LogP contribution in [0.3, 0.4) is 0 Å². The van der Waals surface area contributed by atoms with Gasteiger partial charge in [0, 0.05) is 11.3 Å². The van der Waals surface area contributed by atoms with Gasteiger partial charge < -0.3 is 10.8 Å². The standard InChI is InChI=1S/C10H11NO/c1-8-4-5-9(3-2-6-12)7-10(8)11/h4-5,7,12H,6,11H2,1H3. The summed E-state index contributed by atoms with van der Waals surface area (Å²) in [4.78, 5) is 0. The van der Waals surface area contributed by atoms with Gasteiger partial charge in [-0.15, -0.1) is 0 Å². The molecule has 2 nitrogen and oxygen atoms in total. The molecular formula is C10H11NO. The molecule has 3 N–H and O–H groups in total. The third-order valence-electron chi connectivity index (χ3n) is 1.59. The maximum absolute atomic E-state index is 8.45. The van der Waals surface area contributed by atoms with Gasteiger partial charge >= 0.3 is 0 Å². The second kappa shape index (κ2) is 3.80. The Balaban J connectivity index is 2.97. The molecule has 0 spiro atoms. The first-order valence-corrected chi connectivity index (χ1v) is 3.70. The fourth-order valence-electron chi connectivity index (χ4n) is 0.860. The number of aliphatic hydroxyl groups is 1. The summed E-state index contributed by atoms with van der Waals surface area (Å²) in [6.07, 6.45) is 0. The molecule has 0 bridgehead atoms. The van der Waals surface area contributed by atoms with Crippen molar-refractivity contribution in [1.82, 2.24) is 0 Å². The number of aryl methyl sites for hydroxylation is 1. The van der Waals surface area contributed by atoms with E-state index in [4.69, 9.17) is 10.8 Å². The van der Waals surface area contributed by atoms with Gasteiger partial charge in [0.25, 0.3) is 0 Å². The minimum atomic E-state index is -0.117. The van der Waals surface area contributed by atoms with Crippen LogP contribution in [0.2, 0.25) is 0 Å². The van der Waals surface area contributed by atoms with Crippen LogP contribution in [-0.4, -0.2) is 11.7 Å². The average molecular weight is 161 g/mol. The number of anilines is 1. The van der Waals surface area contributed by atoms with Crippen molar-refractivity contribution in [3.8, 4) is 11.8 Å². The molecule has 1 aromatic carbocycles. The van der Waals surface area contributed by atoms with Gasteiger partial charge in [0.2, 0.25) is 0 Å². The maximum atomic E-state index is 8.45. The van der Waals surface area contributed by atoms with Crippen LogP contribution in [0.1, 0.15) is 11.1 Å². The first-order valence-electron chi connectivity index (χ1n) is 3.70. The third kappa shape index (κ3) is 2.01. The molecule has 0 aliphatic heterocycles. The molecule has 0 unspecified atom stereocenters. The van der Waals surface area contributed by atoms with Crippen LogP contribution in [0.4, 0.5) is 5.69 Å². The predicted molar refractivity (Wildman–Crippen MR) is 49.6 cm³/mol. The minimum Gasteiger partial charge on any atom is -0.398 e. The van der Waals surface area contributed by atoms with Gasteiger partial charge in [0.1, 0.15) is 6.61 Å². The van der Waals surface area contributed by atoms with Crippen LogP contribution >= 0.6 is 0 Å². The fourth-order valence-corrected chi connectivity index (χ4v) is 0.860. The molecule has 62 valence electrons. The Kier molecular flexibility index (Phi) is 2.73. The summed E-state index contributed by atoms with van der Waals surface area (Å²) in [5.74, 6) is 5.34. The lowest BCUT2D eigenvalue weighted by atomic mass is 10.1. The Morgan fingerprint density at radius 2 is 2.25 bits per heavy atom. The van der Waals surface area contributed by atoms with Gasteiger partial charge in [-0.05, 0) is 24.6 Å². The highest BCUT2D eigenvalue weighted by atomic mass is 16.2. The molecule has 0 atom stereocenters. The van der Waals surface area contributed by atoms with Crippen LogP contribution in [0, 0.1) is 18.8 Å². The second-order valence-corrected chi connectivity index (χ2v) is 2.53. The number of hydrogen-bond donors (Lipinski definition) is 2. The van der Waals surface area contributed by atoms with Crippen molar-refractivity contribution < 1.29 is 5.11 Å². The number of benzene rings is 1. The van der Waals surface area contributed by atoms with Crippen molar-refractivity contribution in [2.24, 2.45) is 0 Å². The van der Waals surface area contributed by atoms with Gasteiger partial charge in [0.05, 0.1) is 0 Å². The van der Waals surface area contributed by atoms with Gasteiger partial charge in [0.15, 0.2) is 0 Å². The summed E-state index contributed by atoms with van der Waals surface area (Å²) >= 11 is 0. The predicted octanol–water partition coefficient (Wildman–Crippen LogP) is 0.921. The number of rotatable bonds is 0. The van der Waals surface area contributed by atoms with Crippen LogP contribution < -0.4 is 5.73 Å². The van der Waals surface area contributed by atoms with Crippen LogP contribution in [0.5, 0.6) is 0 Å². The van der Waals surface area contributed by atoms with Crippen LogP contribution in [-0.2, 0) is 0 Å². The molecule has 0 aliphatic carbocycles. The van der Waals surface area contributed by atoms with Crippen LogP contribution in [0.15, 0.2) is 18.2 Å². The summed E-state index contributed by atoms with van der Waals surface area (Å²) in [5.41, 5.74) is 8.28. The quantitative estimate of drug-likeness (QED) is 0.439. The summed E-state index contributed by atoms with van der Waals surface area (Å²) in [6, 6.07) is 5.60. The highest BCUT2D eigenvalue weighted by molar-refractivity contribution is 5.52. The zero-order valence-electron chi connectivity index (χ0n) is 6.96. The molecule has 2 heteroatoms. The van der Waals surface area contributed by atoms with Crippen molar-refractivity contribution in [2.75, 3.05) is 12.3 Å². The molecule has 0 fully saturated rings. The Labute approximate surface area is 72.0 Å². The lowest BCUT2D eigenvalue weighted by Crippen LogP contribution is -1.89. The van der Waals surface area contributed by atoms with Crippen molar-refractivity contribution >= 4 is 5.69 Å². The van der Waals surface area contributed by atoms with Gasteiger partial charge in [-0.25, -0.2) is 0 Å². The lowest BCUT2D eigenvalue weighted by Gasteiger charge is -1.98. The molecule has 0 saturated carbocycles. The monoisotopic (exact) mass is 161 g/mol. The number of nitrogens with two attached hydrogens (primary N) is 1. The zero-order chi connectivity index (χ0) is 8.97. The van der Waals surface area contributed by atoms with E-state index in [0.717, 1.165) is 16.8 Å². The average Bonchev–Trinajstić information content (AvgIpc) is 2.07. The molecule has 0 amide bonds. The summed E-state index contributed by atoms with van der Waals surface area (Å²) in [7, 11) is 0.